The van der Waals surface area contributed by atoms with Crippen LogP contribution in [0.15, 0.2) is 58.0 Å². The number of hydrogen-bond donors (Lipinski definition) is 0. The first-order valence-electron chi connectivity index (χ1n) is 5.29. The molecule has 0 amide bonds. The molecule has 2 aromatic rings. The third-order valence-electron chi connectivity index (χ3n) is 2.36. The molecule has 2 aromatic heterocycles. The third kappa shape index (κ3) is 1.93. The van der Waals surface area contributed by atoms with Crippen molar-refractivity contribution in [1.82, 2.24) is 4.98 Å². The van der Waals surface area contributed by atoms with E-state index in [1.807, 2.05) is 0 Å². The number of rotatable bonds is 2. The first kappa shape index (κ1) is 10.5. The Morgan fingerprint density at radius 2 is 2.00 bits per heavy atom. The van der Waals surface area contributed by atoms with Crippen LogP contribution < -0.4 is 0 Å². The summed E-state index contributed by atoms with van der Waals surface area (Å²) in [6, 6.07) is 6.94. The lowest BCUT2D eigenvalue weighted by molar-refractivity contribution is -0.130. The van der Waals surface area contributed by atoms with E-state index in [1.54, 1.807) is 42.7 Å². The lowest BCUT2D eigenvalue weighted by Crippen LogP contribution is -2.04. The molecule has 0 radical (unpaired) electrons. The summed E-state index contributed by atoms with van der Waals surface area (Å²) >= 11 is 0. The predicted molar refractivity (Wildman–Crippen MR) is 63.6 cm³/mol. The molecule has 1 aliphatic heterocycles. The molecule has 0 saturated heterocycles. The van der Waals surface area contributed by atoms with Crippen LogP contribution >= 0.6 is 0 Å². The largest absolute Gasteiger partial charge is 0.459 e. The highest BCUT2D eigenvalue weighted by Gasteiger charge is 2.25. The van der Waals surface area contributed by atoms with Gasteiger partial charge in [0.1, 0.15) is 0 Å². The number of cyclic esters (lactones) is 1. The van der Waals surface area contributed by atoms with Crippen molar-refractivity contribution < 1.29 is 13.9 Å². The summed E-state index contributed by atoms with van der Waals surface area (Å²) in [5, 5.41) is 0. The van der Waals surface area contributed by atoms with Crippen LogP contribution in [0, 0.1) is 0 Å². The van der Waals surface area contributed by atoms with Crippen molar-refractivity contribution in [3.8, 4) is 0 Å². The molecule has 0 bridgehead atoms. The minimum atomic E-state index is -0.488. The maximum Gasteiger partial charge on any atom is 0.363 e. The molecular formula is C13H8N2O3. The zero-order chi connectivity index (χ0) is 12.4. The fourth-order valence-corrected chi connectivity index (χ4v) is 1.53. The second kappa shape index (κ2) is 4.29. The molecule has 0 aromatic carbocycles. The van der Waals surface area contributed by atoms with Crippen molar-refractivity contribution in [3.63, 3.8) is 0 Å². The maximum atomic E-state index is 11.6. The zero-order valence-electron chi connectivity index (χ0n) is 9.24. The van der Waals surface area contributed by atoms with Crippen molar-refractivity contribution in [2.45, 2.75) is 0 Å². The molecule has 3 rings (SSSR count). The van der Waals surface area contributed by atoms with Gasteiger partial charge in [0, 0.05) is 12.4 Å². The van der Waals surface area contributed by atoms with Crippen LogP contribution in [0.4, 0.5) is 0 Å². The van der Waals surface area contributed by atoms with Crippen LogP contribution in [-0.4, -0.2) is 16.9 Å². The second-order valence-corrected chi connectivity index (χ2v) is 3.59. The Labute approximate surface area is 102 Å². The molecule has 0 fully saturated rings. The number of carbonyl (C=O) groups excluding carboxylic acids is 1. The van der Waals surface area contributed by atoms with E-state index in [-0.39, 0.29) is 11.6 Å². The quantitative estimate of drug-likeness (QED) is 0.595. The summed E-state index contributed by atoms with van der Waals surface area (Å²) < 4.78 is 10.1. The lowest BCUT2D eigenvalue weighted by Gasteiger charge is -1.92. The lowest BCUT2D eigenvalue weighted by atomic mass is 10.2. The highest BCUT2D eigenvalue weighted by molar-refractivity contribution is 6.11. The average molecular weight is 240 g/mol. The third-order valence-corrected chi connectivity index (χ3v) is 2.36. The van der Waals surface area contributed by atoms with Gasteiger partial charge in [0.15, 0.2) is 11.5 Å². The van der Waals surface area contributed by atoms with Crippen molar-refractivity contribution in [2.24, 2.45) is 4.99 Å². The van der Waals surface area contributed by atoms with Crippen LogP contribution in [0.1, 0.15) is 11.3 Å². The van der Waals surface area contributed by atoms with Gasteiger partial charge in [-0.05, 0) is 35.9 Å². The van der Waals surface area contributed by atoms with Gasteiger partial charge in [-0.15, -0.1) is 0 Å². The van der Waals surface area contributed by atoms with E-state index < -0.39 is 5.97 Å². The van der Waals surface area contributed by atoms with Gasteiger partial charge >= 0.3 is 5.97 Å². The van der Waals surface area contributed by atoms with Gasteiger partial charge in [0.2, 0.25) is 0 Å². The Kier molecular flexibility index (Phi) is 2.49. The monoisotopic (exact) mass is 240 g/mol. The van der Waals surface area contributed by atoms with Gasteiger partial charge in [-0.3, -0.25) is 4.98 Å². The Morgan fingerprint density at radius 3 is 2.72 bits per heavy atom. The summed E-state index contributed by atoms with van der Waals surface area (Å²) in [7, 11) is 0. The van der Waals surface area contributed by atoms with Crippen molar-refractivity contribution >= 4 is 17.9 Å². The second-order valence-electron chi connectivity index (χ2n) is 3.59. The molecular weight excluding hydrogens is 232 g/mol. The Bertz CT molecular complexity index is 628. The smallest absolute Gasteiger partial charge is 0.363 e. The van der Waals surface area contributed by atoms with E-state index in [4.69, 9.17) is 9.15 Å². The molecule has 0 spiro atoms. The molecule has 0 saturated carbocycles. The van der Waals surface area contributed by atoms with Gasteiger partial charge in [0.05, 0.1) is 6.26 Å². The van der Waals surface area contributed by atoms with Gasteiger partial charge in [-0.25, -0.2) is 9.79 Å². The molecule has 18 heavy (non-hydrogen) atoms. The first-order chi connectivity index (χ1) is 8.83. The number of furan rings is 1. The summed E-state index contributed by atoms with van der Waals surface area (Å²) in [5.74, 6) is 0.130. The molecule has 0 unspecified atom stereocenters. The van der Waals surface area contributed by atoms with Crippen molar-refractivity contribution in [2.75, 3.05) is 0 Å². The van der Waals surface area contributed by atoms with Gasteiger partial charge in [-0.2, -0.15) is 0 Å². The summed E-state index contributed by atoms with van der Waals surface area (Å²) in [5.41, 5.74) is 1.08. The van der Waals surface area contributed by atoms with Gasteiger partial charge < -0.3 is 9.15 Å². The predicted octanol–water partition coefficient (Wildman–Crippen LogP) is 2.02. The summed E-state index contributed by atoms with van der Waals surface area (Å²) in [6.45, 7) is 0. The average Bonchev–Trinajstić information content (AvgIpc) is 3.01. The summed E-state index contributed by atoms with van der Waals surface area (Å²) in [6.07, 6.45) is 6.42. The Hall–Kier alpha value is -2.69. The summed E-state index contributed by atoms with van der Waals surface area (Å²) in [4.78, 5) is 19.6. The number of aliphatic imine (C=N–C) groups is 1. The minimum Gasteiger partial charge on any atom is -0.459 e. The van der Waals surface area contributed by atoms with Crippen LogP contribution in [0.25, 0.3) is 6.08 Å². The fourth-order valence-electron chi connectivity index (χ4n) is 1.53. The fraction of sp³-hybridized carbons (Fsp3) is 0. The number of aromatic nitrogens is 1. The molecule has 0 aliphatic carbocycles. The first-order valence-corrected chi connectivity index (χ1v) is 5.29. The number of esters is 1. The Morgan fingerprint density at radius 1 is 1.17 bits per heavy atom. The molecule has 3 heterocycles. The SMILES string of the molecule is O=C1OC(c2ccco2)=N/C1=C/c1ccncc1. The van der Waals surface area contributed by atoms with Crippen molar-refractivity contribution in [3.05, 3.63) is 59.9 Å². The molecule has 5 heteroatoms. The number of carbonyl (C=O) groups is 1. The van der Waals surface area contributed by atoms with Crippen LogP contribution in [0.5, 0.6) is 0 Å². The normalized spacial score (nSPS) is 16.8. The highest BCUT2D eigenvalue weighted by atomic mass is 16.6. The van der Waals surface area contributed by atoms with Crippen LogP contribution in [0.3, 0.4) is 0 Å². The molecule has 5 nitrogen and oxygen atoms in total. The van der Waals surface area contributed by atoms with Crippen molar-refractivity contribution in [1.29, 1.82) is 0 Å². The van der Waals surface area contributed by atoms with E-state index in [0.717, 1.165) is 5.56 Å². The number of pyridine rings is 1. The van der Waals surface area contributed by atoms with E-state index in [1.165, 1.54) is 6.26 Å². The van der Waals surface area contributed by atoms with Crippen LogP contribution in [-0.2, 0) is 9.53 Å². The number of nitrogens with zero attached hydrogens (tertiary/aromatic N) is 2. The van der Waals surface area contributed by atoms with E-state index in [2.05, 4.69) is 9.98 Å². The van der Waals surface area contributed by atoms with E-state index in [9.17, 15) is 4.79 Å². The zero-order valence-corrected chi connectivity index (χ0v) is 9.24. The number of hydrogen-bond acceptors (Lipinski definition) is 5. The van der Waals surface area contributed by atoms with E-state index in [0.29, 0.717) is 5.76 Å². The molecule has 0 atom stereocenters. The van der Waals surface area contributed by atoms with E-state index >= 15 is 0 Å². The van der Waals surface area contributed by atoms with Crippen LogP contribution in [0.2, 0.25) is 0 Å². The standard InChI is InChI=1S/C13H8N2O3/c16-13-10(8-9-3-5-14-6-4-9)15-12(18-13)11-2-1-7-17-11/h1-8H/b10-8+. The number of ether oxygens (including phenoxy) is 1. The highest BCUT2D eigenvalue weighted by Crippen LogP contribution is 2.18. The minimum absolute atomic E-state index is 0.185. The molecule has 0 N–H and O–H groups in total. The molecule has 1 aliphatic rings. The van der Waals surface area contributed by atoms with Gasteiger partial charge in [-0.1, -0.05) is 0 Å². The van der Waals surface area contributed by atoms with Gasteiger partial charge in [0.25, 0.3) is 5.90 Å². The maximum absolute atomic E-state index is 11.6. The Balaban J connectivity index is 1.94. The topological polar surface area (TPSA) is 64.7 Å². The molecule has 88 valence electrons.